The molecule has 3 aromatic carbocycles. The molecule has 136 valence electrons. The van der Waals surface area contributed by atoms with Crippen LogP contribution in [0.1, 0.15) is 24.1 Å². The number of aromatic hydroxyl groups is 1. The third kappa shape index (κ3) is 3.15. The van der Waals surface area contributed by atoms with E-state index < -0.39 is 10.9 Å². The molecule has 4 aromatic rings. The van der Waals surface area contributed by atoms with Crippen molar-refractivity contribution in [3.8, 4) is 5.75 Å². The average molecular weight is 362 g/mol. The molecule has 27 heavy (non-hydrogen) atoms. The Morgan fingerprint density at radius 3 is 2.74 bits per heavy atom. The highest BCUT2D eigenvalue weighted by Crippen LogP contribution is 2.25. The second-order valence-corrected chi connectivity index (χ2v) is 6.48. The van der Waals surface area contributed by atoms with Gasteiger partial charge in [0.25, 0.3) is 10.9 Å². The van der Waals surface area contributed by atoms with E-state index in [1.807, 2.05) is 31.2 Å². The number of rotatable bonds is 6. The van der Waals surface area contributed by atoms with E-state index in [-0.39, 0.29) is 23.2 Å². The number of imidazole rings is 1. The van der Waals surface area contributed by atoms with Crippen LogP contribution in [0.3, 0.4) is 0 Å². The second kappa shape index (κ2) is 6.60. The normalized spacial score (nSPS) is 12.3. The van der Waals surface area contributed by atoms with Crippen LogP contribution in [-0.2, 0) is 6.54 Å². The van der Waals surface area contributed by atoms with Gasteiger partial charge in [-0.2, -0.15) is 0 Å². The molecule has 0 aliphatic heterocycles. The third-order valence-corrected chi connectivity index (χ3v) is 4.60. The maximum absolute atomic E-state index is 12.0. The molecule has 1 aromatic heterocycles. The molecule has 0 saturated carbocycles. The molecule has 7 heteroatoms. The molecular formula is C20H18N4O3. The van der Waals surface area contributed by atoms with E-state index in [9.17, 15) is 14.7 Å². The molecular weight excluding hydrogens is 344 g/mol. The largest absolute Gasteiger partial charge is 0.508 e. The molecule has 0 spiro atoms. The summed E-state index contributed by atoms with van der Waals surface area (Å²) in [7, 11) is 0. The summed E-state index contributed by atoms with van der Waals surface area (Å²) in [5.41, 5.74) is 3.07. The van der Waals surface area contributed by atoms with E-state index in [1.165, 1.54) is 0 Å². The van der Waals surface area contributed by atoms with Gasteiger partial charge in [0, 0.05) is 12.6 Å². The SMILES string of the molecule is C[C@@H](Nc1c(NCc2ccc3nc[nH]c3c2)c(=O)c1=O)c1cccc(O)c1. The summed E-state index contributed by atoms with van der Waals surface area (Å²) < 4.78 is 0. The standard InChI is InChI=1S/C20H18N4O3/c1-11(13-3-2-4-14(25)8-13)24-18-17(19(26)20(18)27)21-9-12-5-6-15-16(7-12)23-10-22-15/h2-8,10-11,21,24-25H,9H2,1H3,(H,22,23)/t11-/m1/s1. The zero-order chi connectivity index (χ0) is 19.0. The summed E-state index contributed by atoms with van der Waals surface area (Å²) in [6.45, 7) is 2.27. The van der Waals surface area contributed by atoms with Crippen LogP contribution in [0.5, 0.6) is 5.75 Å². The molecule has 0 saturated heterocycles. The van der Waals surface area contributed by atoms with Crippen molar-refractivity contribution in [1.29, 1.82) is 0 Å². The topological polar surface area (TPSA) is 107 Å². The summed E-state index contributed by atoms with van der Waals surface area (Å²) in [6.07, 6.45) is 1.63. The number of H-pyrrole nitrogens is 1. The zero-order valence-corrected chi connectivity index (χ0v) is 14.6. The Kier molecular flexibility index (Phi) is 4.12. The Hall–Kier alpha value is -3.61. The van der Waals surface area contributed by atoms with Gasteiger partial charge in [-0.1, -0.05) is 18.2 Å². The van der Waals surface area contributed by atoms with Crippen LogP contribution in [0, 0.1) is 0 Å². The molecule has 1 atom stereocenters. The summed E-state index contributed by atoms with van der Waals surface area (Å²) >= 11 is 0. The summed E-state index contributed by atoms with van der Waals surface area (Å²) in [4.78, 5) is 31.2. The highest BCUT2D eigenvalue weighted by molar-refractivity contribution is 5.76. The number of phenols is 1. The van der Waals surface area contributed by atoms with Gasteiger partial charge in [0.1, 0.15) is 17.1 Å². The molecule has 0 aliphatic carbocycles. The lowest BCUT2D eigenvalue weighted by atomic mass is 10.1. The Bertz CT molecular complexity index is 1190. The summed E-state index contributed by atoms with van der Waals surface area (Å²) in [6, 6.07) is 12.3. The Morgan fingerprint density at radius 2 is 1.93 bits per heavy atom. The van der Waals surface area contributed by atoms with E-state index in [2.05, 4.69) is 20.6 Å². The van der Waals surface area contributed by atoms with Crippen molar-refractivity contribution in [3.05, 3.63) is 80.4 Å². The lowest BCUT2D eigenvalue weighted by Gasteiger charge is -2.20. The first-order chi connectivity index (χ1) is 13.0. The molecule has 4 N–H and O–H groups in total. The molecule has 0 radical (unpaired) electrons. The summed E-state index contributed by atoms with van der Waals surface area (Å²) in [5, 5.41) is 15.7. The minimum Gasteiger partial charge on any atom is -0.508 e. The van der Waals surface area contributed by atoms with Crippen molar-refractivity contribution in [2.24, 2.45) is 0 Å². The Balaban J connectivity index is 1.50. The van der Waals surface area contributed by atoms with Crippen LogP contribution < -0.4 is 21.5 Å². The van der Waals surface area contributed by atoms with E-state index in [0.717, 1.165) is 22.2 Å². The minimum atomic E-state index is -0.534. The van der Waals surface area contributed by atoms with Crippen LogP contribution in [0.25, 0.3) is 11.0 Å². The monoisotopic (exact) mass is 362 g/mol. The lowest BCUT2D eigenvalue weighted by Crippen LogP contribution is -2.37. The molecule has 0 unspecified atom stereocenters. The van der Waals surface area contributed by atoms with Gasteiger partial charge < -0.3 is 20.7 Å². The number of benzene rings is 2. The number of aromatic amines is 1. The second-order valence-electron chi connectivity index (χ2n) is 6.48. The number of phenolic OH excluding ortho intramolecular Hbond substituents is 1. The van der Waals surface area contributed by atoms with Gasteiger partial charge in [-0.3, -0.25) is 9.59 Å². The number of fused-ring (bicyclic) bond motifs is 1. The fraction of sp³-hybridized carbons (Fsp3) is 0.150. The quantitative estimate of drug-likeness (QED) is 0.393. The van der Waals surface area contributed by atoms with Gasteiger partial charge in [0.15, 0.2) is 0 Å². The molecule has 0 fully saturated rings. The van der Waals surface area contributed by atoms with E-state index in [4.69, 9.17) is 0 Å². The van der Waals surface area contributed by atoms with E-state index in [0.29, 0.717) is 6.54 Å². The molecule has 1 heterocycles. The fourth-order valence-electron chi connectivity index (χ4n) is 3.08. The molecule has 0 amide bonds. The van der Waals surface area contributed by atoms with Crippen LogP contribution >= 0.6 is 0 Å². The maximum Gasteiger partial charge on any atom is 0.253 e. The molecule has 4 rings (SSSR count). The first-order valence-electron chi connectivity index (χ1n) is 8.57. The van der Waals surface area contributed by atoms with Gasteiger partial charge in [-0.15, -0.1) is 0 Å². The number of hydrogen-bond acceptors (Lipinski definition) is 6. The molecule has 0 bridgehead atoms. The fourth-order valence-corrected chi connectivity index (χ4v) is 3.08. The number of anilines is 2. The van der Waals surface area contributed by atoms with Crippen LogP contribution in [0.15, 0.2) is 58.4 Å². The smallest absolute Gasteiger partial charge is 0.253 e. The number of nitrogens with one attached hydrogen (secondary N) is 3. The average Bonchev–Trinajstić information content (AvgIpc) is 3.14. The van der Waals surface area contributed by atoms with Gasteiger partial charge in [0.2, 0.25) is 0 Å². The predicted octanol–water partition coefficient (Wildman–Crippen LogP) is 2.65. The number of hydrogen-bond donors (Lipinski definition) is 4. The van der Waals surface area contributed by atoms with Gasteiger partial charge in [-0.25, -0.2) is 4.98 Å². The lowest BCUT2D eigenvalue weighted by molar-refractivity contribution is 0.474. The van der Waals surface area contributed by atoms with E-state index in [1.54, 1.807) is 24.5 Å². The van der Waals surface area contributed by atoms with Crippen LogP contribution in [0.2, 0.25) is 0 Å². The number of aromatic nitrogens is 2. The van der Waals surface area contributed by atoms with Crippen LogP contribution in [-0.4, -0.2) is 15.1 Å². The van der Waals surface area contributed by atoms with Gasteiger partial charge >= 0.3 is 0 Å². The van der Waals surface area contributed by atoms with Gasteiger partial charge in [-0.05, 0) is 42.3 Å². The van der Waals surface area contributed by atoms with Crippen molar-refractivity contribution in [2.75, 3.05) is 10.6 Å². The first kappa shape index (κ1) is 16.8. The van der Waals surface area contributed by atoms with Crippen molar-refractivity contribution in [1.82, 2.24) is 9.97 Å². The van der Waals surface area contributed by atoms with Crippen molar-refractivity contribution < 1.29 is 5.11 Å². The number of nitrogens with zero attached hydrogens (tertiary/aromatic N) is 1. The summed E-state index contributed by atoms with van der Waals surface area (Å²) in [5.74, 6) is 0.152. The zero-order valence-electron chi connectivity index (χ0n) is 14.6. The maximum atomic E-state index is 12.0. The highest BCUT2D eigenvalue weighted by atomic mass is 16.3. The predicted molar refractivity (Wildman–Crippen MR) is 105 cm³/mol. The van der Waals surface area contributed by atoms with Gasteiger partial charge in [0.05, 0.1) is 17.4 Å². The third-order valence-electron chi connectivity index (χ3n) is 4.60. The van der Waals surface area contributed by atoms with Crippen molar-refractivity contribution in [3.63, 3.8) is 0 Å². The Morgan fingerprint density at radius 1 is 1.11 bits per heavy atom. The van der Waals surface area contributed by atoms with E-state index >= 15 is 0 Å². The first-order valence-corrected chi connectivity index (χ1v) is 8.57. The van der Waals surface area contributed by atoms with Crippen LogP contribution in [0.4, 0.5) is 11.4 Å². The molecule has 0 aliphatic rings. The van der Waals surface area contributed by atoms with Crippen molar-refractivity contribution in [2.45, 2.75) is 19.5 Å². The minimum absolute atomic E-state index is 0.152. The Labute approximate surface area is 154 Å². The van der Waals surface area contributed by atoms with Crippen molar-refractivity contribution >= 4 is 22.4 Å². The molecule has 7 nitrogen and oxygen atoms in total. The highest BCUT2D eigenvalue weighted by Gasteiger charge is 2.22.